The molecule has 2 heterocycles. The molecule has 2 aliphatic heterocycles. The van der Waals surface area contributed by atoms with Gasteiger partial charge in [0.25, 0.3) is 5.91 Å². The van der Waals surface area contributed by atoms with Gasteiger partial charge in [0.15, 0.2) is 0 Å². The van der Waals surface area contributed by atoms with Crippen LogP contribution in [0.4, 0.5) is 14.9 Å². The minimum atomic E-state index is -0.431. The first-order valence-corrected chi connectivity index (χ1v) is 9.34. The molecule has 0 bridgehead atoms. The standard InChI is InChI=1S/C19H14ClFN2O2S/c20-15-10-13(21)7-6-12(15)11-22-16-8-9-26-17(16)18(24)23(19(22)25)14-4-2-1-3-5-14/h1-10,16-17H,11H2. The lowest BCUT2D eigenvalue weighted by Gasteiger charge is -2.41. The molecule has 2 aromatic carbocycles. The fourth-order valence-corrected chi connectivity index (χ4v) is 4.43. The fraction of sp³-hybridized carbons (Fsp3) is 0.158. The van der Waals surface area contributed by atoms with Gasteiger partial charge < -0.3 is 4.90 Å². The highest BCUT2D eigenvalue weighted by molar-refractivity contribution is 8.03. The van der Waals surface area contributed by atoms with Crippen molar-refractivity contribution in [2.45, 2.75) is 17.8 Å². The number of amides is 3. The largest absolute Gasteiger partial charge is 0.332 e. The molecule has 2 unspecified atom stereocenters. The molecular weight excluding hydrogens is 375 g/mol. The van der Waals surface area contributed by atoms with Crippen LogP contribution in [0.3, 0.4) is 0 Å². The van der Waals surface area contributed by atoms with Gasteiger partial charge >= 0.3 is 6.03 Å². The lowest BCUT2D eigenvalue weighted by molar-refractivity contribution is -0.119. The van der Waals surface area contributed by atoms with Crippen LogP contribution >= 0.6 is 23.4 Å². The molecular formula is C19H14ClFN2O2S. The number of halogens is 2. The smallest absolute Gasteiger partial charge is 0.311 e. The highest BCUT2D eigenvalue weighted by Gasteiger charge is 2.47. The van der Waals surface area contributed by atoms with Crippen molar-refractivity contribution in [2.24, 2.45) is 0 Å². The summed E-state index contributed by atoms with van der Waals surface area (Å²) in [6.45, 7) is 0.195. The number of imide groups is 1. The van der Waals surface area contributed by atoms with Gasteiger partial charge in [-0.25, -0.2) is 14.1 Å². The van der Waals surface area contributed by atoms with Crippen molar-refractivity contribution in [1.29, 1.82) is 0 Å². The number of para-hydroxylation sites is 1. The first-order valence-electron chi connectivity index (χ1n) is 8.02. The summed E-state index contributed by atoms with van der Waals surface area (Å²) in [5, 5.41) is 1.70. The van der Waals surface area contributed by atoms with Crippen molar-refractivity contribution < 1.29 is 14.0 Å². The van der Waals surface area contributed by atoms with Gasteiger partial charge in [-0.05, 0) is 35.2 Å². The summed E-state index contributed by atoms with van der Waals surface area (Å²) in [6.07, 6.45) is 1.85. The summed E-state index contributed by atoms with van der Waals surface area (Å²) in [7, 11) is 0. The molecule has 0 aliphatic carbocycles. The molecule has 2 aromatic rings. The second-order valence-electron chi connectivity index (χ2n) is 6.03. The van der Waals surface area contributed by atoms with Crippen LogP contribution in [0.1, 0.15) is 5.56 Å². The lowest BCUT2D eigenvalue weighted by atomic mass is 10.1. The molecule has 2 aliphatic rings. The molecule has 1 fully saturated rings. The van der Waals surface area contributed by atoms with Gasteiger partial charge in [0, 0.05) is 11.6 Å². The van der Waals surface area contributed by atoms with Crippen LogP contribution in [-0.4, -0.2) is 28.1 Å². The van der Waals surface area contributed by atoms with Gasteiger partial charge in [-0.3, -0.25) is 4.79 Å². The Morgan fingerprint density at radius 2 is 1.88 bits per heavy atom. The third kappa shape index (κ3) is 2.89. The number of urea groups is 1. The average molecular weight is 389 g/mol. The topological polar surface area (TPSA) is 40.6 Å². The van der Waals surface area contributed by atoms with Crippen molar-refractivity contribution in [2.75, 3.05) is 4.90 Å². The number of benzene rings is 2. The Balaban J connectivity index is 1.71. The predicted octanol–water partition coefficient (Wildman–Crippen LogP) is 4.45. The molecule has 26 heavy (non-hydrogen) atoms. The van der Waals surface area contributed by atoms with E-state index < -0.39 is 17.1 Å². The number of thioether (sulfide) groups is 1. The second kappa shape index (κ2) is 6.78. The van der Waals surface area contributed by atoms with Crippen LogP contribution in [0.25, 0.3) is 0 Å². The minimum absolute atomic E-state index is 0.195. The number of anilines is 1. The van der Waals surface area contributed by atoms with E-state index in [1.165, 1.54) is 28.8 Å². The predicted molar refractivity (Wildman–Crippen MR) is 101 cm³/mol. The van der Waals surface area contributed by atoms with Crippen LogP contribution in [0, 0.1) is 5.82 Å². The molecule has 0 saturated carbocycles. The monoisotopic (exact) mass is 388 g/mol. The maximum absolute atomic E-state index is 13.3. The molecule has 7 heteroatoms. The van der Waals surface area contributed by atoms with Crippen molar-refractivity contribution in [3.05, 3.63) is 76.4 Å². The number of hydrogen-bond donors (Lipinski definition) is 0. The molecule has 0 aromatic heterocycles. The number of nitrogens with zero attached hydrogens (tertiary/aromatic N) is 2. The normalized spacial score (nSPS) is 22.1. The zero-order valence-corrected chi connectivity index (χ0v) is 15.1. The Hall–Kier alpha value is -2.31. The summed E-state index contributed by atoms with van der Waals surface area (Å²) in [6, 6.07) is 12.2. The van der Waals surface area contributed by atoms with Crippen molar-refractivity contribution >= 4 is 41.0 Å². The quantitative estimate of drug-likeness (QED) is 0.780. The highest BCUT2D eigenvalue weighted by atomic mass is 35.5. The Kier molecular flexibility index (Phi) is 4.46. The van der Waals surface area contributed by atoms with Crippen LogP contribution in [-0.2, 0) is 11.3 Å². The summed E-state index contributed by atoms with van der Waals surface area (Å²) < 4.78 is 13.3. The lowest BCUT2D eigenvalue weighted by Crippen LogP contribution is -2.61. The van der Waals surface area contributed by atoms with Gasteiger partial charge in [-0.15, -0.1) is 11.8 Å². The molecule has 0 radical (unpaired) electrons. The van der Waals surface area contributed by atoms with E-state index >= 15 is 0 Å². The molecule has 2 atom stereocenters. The Morgan fingerprint density at radius 1 is 1.12 bits per heavy atom. The third-order valence-corrected chi connectivity index (χ3v) is 5.88. The van der Waals surface area contributed by atoms with Gasteiger partial charge in [0.2, 0.25) is 0 Å². The van der Waals surface area contributed by atoms with Gasteiger partial charge in [-0.1, -0.05) is 41.9 Å². The molecule has 4 rings (SSSR count). The Morgan fingerprint density at radius 3 is 2.62 bits per heavy atom. The van der Waals surface area contributed by atoms with Crippen molar-refractivity contribution in [3.63, 3.8) is 0 Å². The van der Waals surface area contributed by atoms with E-state index in [-0.39, 0.29) is 23.5 Å². The maximum Gasteiger partial charge on any atom is 0.332 e. The molecule has 3 amide bonds. The van der Waals surface area contributed by atoms with E-state index in [1.807, 2.05) is 17.6 Å². The first-order chi connectivity index (χ1) is 12.6. The Labute approximate surface area is 159 Å². The van der Waals surface area contributed by atoms with E-state index in [4.69, 9.17) is 11.6 Å². The second-order valence-corrected chi connectivity index (χ2v) is 7.49. The van der Waals surface area contributed by atoms with E-state index in [1.54, 1.807) is 35.2 Å². The highest BCUT2D eigenvalue weighted by Crippen LogP contribution is 2.37. The van der Waals surface area contributed by atoms with Crippen LogP contribution in [0.2, 0.25) is 5.02 Å². The zero-order valence-electron chi connectivity index (χ0n) is 13.5. The molecule has 0 N–H and O–H groups in total. The number of carbonyl (C=O) groups is 2. The van der Waals surface area contributed by atoms with Crippen LogP contribution in [0.5, 0.6) is 0 Å². The van der Waals surface area contributed by atoms with Gasteiger partial charge in [0.1, 0.15) is 11.1 Å². The summed E-state index contributed by atoms with van der Waals surface area (Å²) in [5.74, 6) is -0.665. The van der Waals surface area contributed by atoms with E-state index in [2.05, 4.69) is 0 Å². The Bertz CT molecular complexity index is 906. The van der Waals surface area contributed by atoms with Gasteiger partial charge in [-0.2, -0.15) is 0 Å². The average Bonchev–Trinajstić information content (AvgIpc) is 3.11. The third-order valence-electron chi connectivity index (χ3n) is 4.44. The molecule has 1 saturated heterocycles. The zero-order chi connectivity index (χ0) is 18.3. The fourth-order valence-electron chi connectivity index (χ4n) is 3.16. The van der Waals surface area contributed by atoms with Gasteiger partial charge in [0.05, 0.1) is 11.7 Å². The van der Waals surface area contributed by atoms with E-state index in [0.29, 0.717) is 11.3 Å². The molecule has 0 spiro atoms. The van der Waals surface area contributed by atoms with E-state index in [9.17, 15) is 14.0 Å². The maximum atomic E-state index is 13.3. The van der Waals surface area contributed by atoms with E-state index in [0.717, 1.165) is 0 Å². The van der Waals surface area contributed by atoms with Crippen molar-refractivity contribution in [3.8, 4) is 0 Å². The minimum Gasteiger partial charge on any atom is -0.311 e. The SMILES string of the molecule is O=C1C2SC=CC2N(Cc2ccc(F)cc2Cl)C(=O)N1c1ccccc1. The summed E-state index contributed by atoms with van der Waals surface area (Å²) in [4.78, 5) is 28.8. The van der Waals surface area contributed by atoms with Crippen molar-refractivity contribution in [1.82, 2.24) is 4.90 Å². The summed E-state index contributed by atoms with van der Waals surface area (Å²) >= 11 is 7.54. The van der Waals surface area contributed by atoms with Crippen LogP contribution in [0.15, 0.2) is 60.0 Å². The summed E-state index contributed by atoms with van der Waals surface area (Å²) in [5.41, 5.74) is 1.16. The number of carbonyl (C=O) groups excluding carboxylic acids is 2. The molecule has 132 valence electrons. The van der Waals surface area contributed by atoms with Crippen LogP contribution < -0.4 is 4.90 Å². The molecule has 4 nitrogen and oxygen atoms in total. The number of hydrogen-bond acceptors (Lipinski definition) is 3. The number of rotatable bonds is 3. The first kappa shape index (κ1) is 17.1. The number of fused-ring (bicyclic) bond motifs is 1.